The fourth-order valence-electron chi connectivity index (χ4n) is 2.80. The number of rotatable bonds is 4. The number of amides is 3. The Hall–Kier alpha value is -1.59. The lowest BCUT2D eigenvalue weighted by Gasteiger charge is -2.29. The van der Waals surface area contributed by atoms with Gasteiger partial charge in [0.25, 0.3) is 5.91 Å². The van der Waals surface area contributed by atoms with Crippen LogP contribution in [-0.4, -0.2) is 30.6 Å². The van der Waals surface area contributed by atoms with Gasteiger partial charge in [0.15, 0.2) is 6.61 Å². The minimum Gasteiger partial charge on any atom is -0.455 e. The highest BCUT2D eigenvalue weighted by Gasteiger charge is 2.27. The fourth-order valence-corrected chi connectivity index (χ4v) is 2.80. The molecule has 2 unspecified atom stereocenters. The number of hydrogen-bond acceptors (Lipinski definition) is 4. The average Bonchev–Trinajstić information content (AvgIpc) is 2.37. The van der Waals surface area contributed by atoms with Crippen molar-refractivity contribution in [2.45, 2.75) is 57.9 Å². The van der Waals surface area contributed by atoms with E-state index in [9.17, 15) is 14.4 Å². The Morgan fingerprint density at radius 2 is 1.76 bits per heavy atom. The maximum absolute atomic E-state index is 11.7. The monoisotopic (exact) mass is 296 g/mol. The predicted octanol–water partition coefficient (Wildman–Crippen LogP) is 1.73. The molecule has 2 aliphatic rings. The minimum atomic E-state index is -0.580. The molecule has 118 valence electrons. The normalized spacial score (nSPS) is 25.6. The molecule has 0 saturated heterocycles. The lowest BCUT2D eigenvalue weighted by molar-refractivity contribution is -0.154. The first-order valence-electron chi connectivity index (χ1n) is 7.83. The number of hydrogen-bond donors (Lipinski definition) is 2. The molecule has 6 nitrogen and oxygen atoms in total. The first-order valence-corrected chi connectivity index (χ1v) is 7.83. The molecule has 0 aromatic rings. The van der Waals surface area contributed by atoms with Crippen molar-refractivity contribution in [1.29, 1.82) is 0 Å². The molecule has 3 amide bonds. The van der Waals surface area contributed by atoms with Gasteiger partial charge in [-0.2, -0.15) is 0 Å². The van der Waals surface area contributed by atoms with Gasteiger partial charge in [-0.1, -0.05) is 26.2 Å². The fraction of sp³-hybridized carbons (Fsp3) is 0.800. The molecular weight excluding hydrogens is 272 g/mol. The zero-order chi connectivity index (χ0) is 15.2. The SMILES string of the molecule is CC1CCCCC1NC(=O)NC(=O)COC(=O)C1CCC1. The van der Waals surface area contributed by atoms with E-state index in [2.05, 4.69) is 17.6 Å². The maximum Gasteiger partial charge on any atom is 0.321 e. The van der Waals surface area contributed by atoms with E-state index in [-0.39, 0.29) is 24.5 Å². The Morgan fingerprint density at radius 3 is 2.38 bits per heavy atom. The second-order valence-corrected chi connectivity index (χ2v) is 6.13. The third-order valence-corrected chi connectivity index (χ3v) is 4.46. The summed E-state index contributed by atoms with van der Waals surface area (Å²) in [6.07, 6.45) is 7.03. The van der Waals surface area contributed by atoms with E-state index in [0.717, 1.165) is 38.5 Å². The summed E-state index contributed by atoms with van der Waals surface area (Å²) in [5.74, 6) is -0.549. The lowest BCUT2D eigenvalue weighted by atomic mass is 9.86. The first-order chi connectivity index (χ1) is 10.1. The van der Waals surface area contributed by atoms with E-state index in [1.807, 2.05) is 0 Å². The van der Waals surface area contributed by atoms with Gasteiger partial charge < -0.3 is 10.1 Å². The van der Waals surface area contributed by atoms with E-state index >= 15 is 0 Å². The van der Waals surface area contributed by atoms with Crippen molar-refractivity contribution in [2.24, 2.45) is 11.8 Å². The van der Waals surface area contributed by atoms with Crippen LogP contribution in [0.25, 0.3) is 0 Å². The highest BCUT2D eigenvalue weighted by Crippen LogP contribution is 2.27. The highest BCUT2D eigenvalue weighted by molar-refractivity contribution is 5.95. The van der Waals surface area contributed by atoms with Gasteiger partial charge in [0.05, 0.1) is 5.92 Å². The zero-order valence-electron chi connectivity index (χ0n) is 12.5. The molecule has 0 spiro atoms. The van der Waals surface area contributed by atoms with Gasteiger partial charge in [0.1, 0.15) is 0 Å². The molecule has 2 atom stereocenters. The van der Waals surface area contributed by atoms with Crippen LogP contribution in [-0.2, 0) is 14.3 Å². The van der Waals surface area contributed by atoms with Crippen molar-refractivity contribution in [3.8, 4) is 0 Å². The van der Waals surface area contributed by atoms with Crippen molar-refractivity contribution in [2.75, 3.05) is 6.61 Å². The van der Waals surface area contributed by atoms with Crippen LogP contribution in [0.3, 0.4) is 0 Å². The average molecular weight is 296 g/mol. The van der Waals surface area contributed by atoms with Crippen molar-refractivity contribution in [1.82, 2.24) is 10.6 Å². The third-order valence-electron chi connectivity index (χ3n) is 4.46. The van der Waals surface area contributed by atoms with Gasteiger partial charge in [-0.15, -0.1) is 0 Å². The van der Waals surface area contributed by atoms with Gasteiger partial charge in [0.2, 0.25) is 0 Å². The summed E-state index contributed by atoms with van der Waals surface area (Å²) in [6.45, 7) is 1.72. The summed E-state index contributed by atoms with van der Waals surface area (Å²) in [6, 6.07) is -0.387. The van der Waals surface area contributed by atoms with Crippen LogP contribution in [0.4, 0.5) is 4.79 Å². The van der Waals surface area contributed by atoms with Crippen LogP contribution < -0.4 is 10.6 Å². The molecule has 0 aromatic heterocycles. The van der Waals surface area contributed by atoms with Crippen LogP contribution in [0.15, 0.2) is 0 Å². The number of carbonyl (C=O) groups excluding carboxylic acids is 3. The molecule has 0 heterocycles. The second kappa shape index (κ2) is 7.43. The Balaban J connectivity index is 1.64. The summed E-state index contributed by atoms with van der Waals surface area (Å²) < 4.78 is 4.89. The smallest absolute Gasteiger partial charge is 0.321 e. The van der Waals surface area contributed by atoms with E-state index in [4.69, 9.17) is 4.74 Å². The minimum absolute atomic E-state index is 0.0604. The van der Waals surface area contributed by atoms with Gasteiger partial charge in [-0.05, 0) is 31.6 Å². The van der Waals surface area contributed by atoms with Crippen LogP contribution in [0.5, 0.6) is 0 Å². The highest BCUT2D eigenvalue weighted by atomic mass is 16.5. The van der Waals surface area contributed by atoms with Crippen molar-refractivity contribution in [3.63, 3.8) is 0 Å². The number of imide groups is 1. The van der Waals surface area contributed by atoms with Crippen molar-refractivity contribution < 1.29 is 19.1 Å². The number of esters is 1. The molecule has 21 heavy (non-hydrogen) atoms. The molecule has 2 fully saturated rings. The molecule has 2 aliphatic carbocycles. The van der Waals surface area contributed by atoms with Gasteiger partial charge in [-0.3, -0.25) is 14.9 Å². The lowest BCUT2D eigenvalue weighted by Crippen LogP contribution is -2.48. The largest absolute Gasteiger partial charge is 0.455 e. The molecule has 2 N–H and O–H groups in total. The summed E-state index contributed by atoms with van der Waals surface area (Å²) in [7, 11) is 0. The molecular formula is C15H24N2O4. The van der Waals surface area contributed by atoms with Gasteiger partial charge >= 0.3 is 12.0 Å². The molecule has 2 rings (SSSR count). The van der Waals surface area contributed by atoms with Crippen LogP contribution in [0, 0.1) is 11.8 Å². The van der Waals surface area contributed by atoms with Crippen LogP contribution in [0.2, 0.25) is 0 Å². The predicted molar refractivity (Wildman–Crippen MR) is 76.4 cm³/mol. The standard InChI is InChI=1S/C15H24N2O4/c1-10-5-2-3-8-12(10)16-15(20)17-13(18)9-21-14(19)11-6-4-7-11/h10-12H,2-9H2,1H3,(H2,16,17,18,20). The molecule has 0 aliphatic heterocycles. The van der Waals surface area contributed by atoms with E-state index in [0.29, 0.717) is 5.92 Å². The number of nitrogens with one attached hydrogen (secondary N) is 2. The van der Waals surface area contributed by atoms with Crippen molar-refractivity contribution in [3.05, 3.63) is 0 Å². The first kappa shape index (κ1) is 15.8. The zero-order valence-corrected chi connectivity index (χ0v) is 12.5. The molecule has 2 saturated carbocycles. The Morgan fingerprint density at radius 1 is 1.05 bits per heavy atom. The summed E-state index contributed by atoms with van der Waals surface area (Å²) in [5, 5.41) is 5.03. The third kappa shape index (κ3) is 4.72. The Labute approximate surface area is 125 Å². The molecule has 0 radical (unpaired) electrons. The topological polar surface area (TPSA) is 84.5 Å². The van der Waals surface area contributed by atoms with Crippen LogP contribution >= 0.6 is 0 Å². The van der Waals surface area contributed by atoms with Crippen LogP contribution in [0.1, 0.15) is 51.9 Å². The Bertz CT molecular complexity index is 406. The van der Waals surface area contributed by atoms with E-state index in [1.165, 1.54) is 6.42 Å². The summed E-state index contributed by atoms with van der Waals surface area (Å²) in [5.41, 5.74) is 0. The maximum atomic E-state index is 11.7. The summed E-state index contributed by atoms with van der Waals surface area (Å²) in [4.78, 5) is 34.8. The molecule has 0 aromatic carbocycles. The Kier molecular flexibility index (Phi) is 5.59. The number of carbonyl (C=O) groups is 3. The number of urea groups is 1. The van der Waals surface area contributed by atoms with E-state index in [1.54, 1.807) is 0 Å². The quantitative estimate of drug-likeness (QED) is 0.774. The molecule has 6 heteroatoms. The second-order valence-electron chi connectivity index (χ2n) is 6.13. The van der Waals surface area contributed by atoms with E-state index < -0.39 is 11.9 Å². The van der Waals surface area contributed by atoms with Crippen molar-refractivity contribution >= 4 is 17.9 Å². The van der Waals surface area contributed by atoms with Gasteiger partial charge in [-0.25, -0.2) is 4.79 Å². The van der Waals surface area contributed by atoms with Gasteiger partial charge in [0, 0.05) is 6.04 Å². The summed E-state index contributed by atoms with van der Waals surface area (Å²) >= 11 is 0. The number of ether oxygens (including phenoxy) is 1. The molecule has 0 bridgehead atoms.